The lowest BCUT2D eigenvalue weighted by Gasteiger charge is -2.27. The van der Waals surface area contributed by atoms with Gasteiger partial charge < -0.3 is 35.6 Å². The fourth-order valence-electron chi connectivity index (χ4n) is 4.02. The van der Waals surface area contributed by atoms with Gasteiger partial charge in [-0.2, -0.15) is 0 Å². The second-order valence-electron chi connectivity index (χ2n) is 10.8. The molecule has 5 atom stereocenters. The van der Waals surface area contributed by atoms with Gasteiger partial charge in [-0.15, -0.1) is 0 Å². The fraction of sp³-hybridized carbons (Fsp3) is 0.741. The summed E-state index contributed by atoms with van der Waals surface area (Å²) in [5.74, 6) is -4.93. The van der Waals surface area contributed by atoms with Crippen LogP contribution < -0.4 is 21.3 Å². The number of esters is 2. The van der Waals surface area contributed by atoms with Crippen LogP contribution in [0.3, 0.4) is 0 Å². The number of amides is 4. The first-order valence-corrected chi connectivity index (χ1v) is 13.8. The monoisotopic (exact) mass is 583 g/mol. The van der Waals surface area contributed by atoms with Crippen molar-refractivity contribution in [3.8, 4) is 0 Å². The molecular weight excluding hydrogens is 538 g/mol. The van der Waals surface area contributed by atoms with E-state index in [1.807, 2.05) is 0 Å². The molecule has 4 amide bonds. The zero-order valence-electron chi connectivity index (χ0n) is 25.2. The Morgan fingerprint density at radius 2 is 1.39 bits per heavy atom. The minimum atomic E-state index is -1.32. The van der Waals surface area contributed by atoms with E-state index in [-0.39, 0.29) is 24.2 Å². The quantitative estimate of drug-likeness (QED) is 0.175. The Hall–Kier alpha value is -3.55. The molecule has 232 valence electrons. The van der Waals surface area contributed by atoms with Crippen molar-refractivity contribution < 1.29 is 43.0 Å². The lowest BCUT2D eigenvalue weighted by atomic mass is 10.00. The zero-order valence-corrected chi connectivity index (χ0v) is 25.2. The van der Waals surface area contributed by atoms with Crippen LogP contribution in [-0.2, 0) is 43.0 Å². The van der Waals surface area contributed by atoms with Gasteiger partial charge in [0, 0.05) is 6.54 Å². The highest BCUT2D eigenvalue weighted by atomic mass is 16.6. The van der Waals surface area contributed by atoms with Crippen molar-refractivity contribution >= 4 is 41.4 Å². The van der Waals surface area contributed by atoms with Crippen molar-refractivity contribution in [1.29, 1.82) is 0 Å². The van der Waals surface area contributed by atoms with E-state index in [1.165, 1.54) is 25.7 Å². The third kappa shape index (κ3) is 11.1. The van der Waals surface area contributed by atoms with Gasteiger partial charge in [0.1, 0.15) is 18.1 Å². The summed E-state index contributed by atoms with van der Waals surface area (Å²) in [6.45, 7) is 10.8. The van der Waals surface area contributed by atoms with Gasteiger partial charge in [-0.3, -0.25) is 24.0 Å². The van der Waals surface area contributed by atoms with Crippen molar-refractivity contribution in [2.45, 2.75) is 91.6 Å². The normalized spacial score (nSPS) is 17.7. The number of nitrogens with zero attached hydrogens (tertiary/aromatic N) is 1. The molecule has 1 rings (SSSR count). The summed E-state index contributed by atoms with van der Waals surface area (Å²) in [6.07, 6.45) is -1.16. The van der Waals surface area contributed by atoms with Crippen molar-refractivity contribution in [2.24, 2.45) is 11.8 Å². The molecule has 14 nitrogen and oxygen atoms in total. The first-order valence-electron chi connectivity index (χ1n) is 13.8. The molecular formula is C27H45N5O9. The number of carbonyl (C=O) groups excluding carboxylic acids is 7. The summed E-state index contributed by atoms with van der Waals surface area (Å²) in [7, 11) is 1.64. The SMILES string of the molecule is CNCC(=O)N1CCCC1C(=O)NCC(=O)NC(C(=O)NC(C(=O)OC(C)C(=O)OC(C)C(C)=O)C(C)C)C(C)C. The molecule has 41 heavy (non-hydrogen) atoms. The smallest absolute Gasteiger partial charge is 0.347 e. The Kier molecular flexibility index (Phi) is 14.4. The highest BCUT2D eigenvalue weighted by Crippen LogP contribution is 2.17. The summed E-state index contributed by atoms with van der Waals surface area (Å²) in [4.78, 5) is 88.4. The van der Waals surface area contributed by atoms with Gasteiger partial charge >= 0.3 is 11.9 Å². The van der Waals surface area contributed by atoms with Crippen LogP contribution in [0.2, 0.25) is 0 Å². The topological polar surface area (TPSA) is 189 Å². The third-order valence-electron chi connectivity index (χ3n) is 6.60. The maximum Gasteiger partial charge on any atom is 0.347 e. The molecule has 1 aliphatic heterocycles. The minimum Gasteiger partial charge on any atom is -0.452 e. The van der Waals surface area contributed by atoms with Gasteiger partial charge in [0.2, 0.25) is 23.6 Å². The van der Waals surface area contributed by atoms with Gasteiger partial charge in [0.05, 0.1) is 13.1 Å². The third-order valence-corrected chi connectivity index (χ3v) is 6.60. The van der Waals surface area contributed by atoms with Crippen LogP contribution in [0.15, 0.2) is 0 Å². The number of carbonyl (C=O) groups is 7. The Labute approximate surface area is 241 Å². The maximum atomic E-state index is 13.1. The van der Waals surface area contributed by atoms with E-state index in [2.05, 4.69) is 21.3 Å². The highest BCUT2D eigenvalue weighted by molar-refractivity contribution is 5.94. The van der Waals surface area contributed by atoms with Crippen molar-refractivity contribution in [1.82, 2.24) is 26.2 Å². The lowest BCUT2D eigenvalue weighted by molar-refractivity contribution is -0.172. The number of ketones is 1. The number of likely N-dealkylation sites (N-methyl/N-ethyl adjacent to an activating group) is 1. The average molecular weight is 584 g/mol. The van der Waals surface area contributed by atoms with Crippen molar-refractivity contribution in [3.63, 3.8) is 0 Å². The summed E-state index contributed by atoms with van der Waals surface area (Å²) in [5.41, 5.74) is 0. The molecule has 0 bridgehead atoms. The maximum absolute atomic E-state index is 13.1. The van der Waals surface area contributed by atoms with E-state index in [0.717, 1.165) is 0 Å². The molecule has 0 radical (unpaired) electrons. The summed E-state index contributed by atoms with van der Waals surface area (Å²) in [6, 6.07) is -2.87. The van der Waals surface area contributed by atoms with Gasteiger partial charge in [0.15, 0.2) is 18.0 Å². The number of hydrogen-bond donors (Lipinski definition) is 4. The molecule has 0 saturated carbocycles. The van der Waals surface area contributed by atoms with Crippen LogP contribution in [0.5, 0.6) is 0 Å². The van der Waals surface area contributed by atoms with Crippen molar-refractivity contribution in [2.75, 3.05) is 26.7 Å². The average Bonchev–Trinajstić information content (AvgIpc) is 3.38. The number of ether oxygens (including phenoxy) is 2. The first-order chi connectivity index (χ1) is 19.1. The molecule has 5 unspecified atom stereocenters. The summed E-state index contributed by atoms with van der Waals surface area (Å²) < 4.78 is 10.1. The van der Waals surface area contributed by atoms with Crippen molar-refractivity contribution in [3.05, 3.63) is 0 Å². The van der Waals surface area contributed by atoms with Gasteiger partial charge in [-0.1, -0.05) is 27.7 Å². The van der Waals surface area contributed by atoms with E-state index in [1.54, 1.807) is 34.7 Å². The van der Waals surface area contributed by atoms with Crippen LogP contribution in [-0.4, -0.2) is 103 Å². The molecule has 0 aliphatic carbocycles. The highest BCUT2D eigenvalue weighted by Gasteiger charge is 2.35. The summed E-state index contributed by atoms with van der Waals surface area (Å²) in [5, 5.41) is 10.4. The minimum absolute atomic E-state index is 0.0996. The van der Waals surface area contributed by atoms with E-state index in [9.17, 15) is 33.6 Å². The molecule has 14 heteroatoms. The fourth-order valence-corrected chi connectivity index (χ4v) is 4.02. The van der Waals surface area contributed by atoms with E-state index < -0.39 is 72.5 Å². The van der Waals surface area contributed by atoms with Crippen LogP contribution >= 0.6 is 0 Å². The molecule has 0 spiro atoms. The molecule has 1 fully saturated rings. The Bertz CT molecular complexity index is 984. The van der Waals surface area contributed by atoms with Crippen LogP contribution in [0.4, 0.5) is 0 Å². The number of hydrogen-bond acceptors (Lipinski definition) is 10. The molecule has 0 aromatic carbocycles. The predicted molar refractivity (Wildman–Crippen MR) is 147 cm³/mol. The van der Waals surface area contributed by atoms with Gasteiger partial charge in [-0.05, 0) is 52.5 Å². The molecule has 1 aliphatic rings. The Morgan fingerprint density at radius 1 is 0.805 bits per heavy atom. The van der Waals surface area contributed by atoms with E-state index >= 15 is 0 Å². The van der Waals surface area contributed by atoms with Crippen LogP contribution in [0, 0.1) is 11.8 Å². The molecule has 4 N–H and O–H groups in total. The Morgan fingerprint density at radius 3 is 1.93 bits per heavy atom. The molecule has 0 aromatic rings. The zero-order chi connectivity index (χ0) is 31.4. The summed E-state index contributed by atoms with van der Waals surface area (Å²) >= 11 is 0. The Balaban J connectivity index is 2.76. The largest absolute Gasteiger partial charge is 0.452 e. The number of rotatable bonds is 15. The van der Waals surface area contributed by atoms with Crippen LogP contribution in [0.1, 0.15) is 61.3 Å². The molecule has 1 heterocycles. The second-order valence-corrected chi connectivity index (χ2v) is 10.8. The van der Waals surface area contributed by atoms with E-state index in [0.29, 0.717) is 19.4 Å². The first kappa shape index (κ1) is 35.5. The lowest BCUT2D eigenvalue weighted by Crippen LogP contribution is -2.57. The number of likely N-dealkylation sites (tertiary alicyclic amines) is 1. The van der Waals surface area contributed by atoms with E-state index in [4.69, 9.17) is 9.47 Å². The van der Waals surface area contributed by atoms with Crippen LogP contribution in [0.25, 0.3) is 0 Å². The number of Topliss-reactive ketones (excluding diaryl/α,β-unsaturated/α-hetero) is 1. The van der Waals surface area contributed by atoms with Gasteiger partial charge in [0.25, 0.3) is 0 Å². The van der Waals surface area contributed by atoms with Gasteiger partial charge in [-0.25, -0.2) is 9.59 Å². The molecule has 1 saturated heterocycles. The predicted octanol–water partition coefficient (Wildman–Crippen LogP) is -0.953. The standard InChI is InChI=1S/C27H45N5O9/c1-14(2)22(30-20(34)12-29-24(36)19-10-9-11-32(19)21(35)13-28-8)25(37)31-23(15(3)4)27(39)41-18(7)26(38)40-17(6)16(5)33/h14-15,17-19,22-23,28H,9-13H2,1-8H3,(H,29,36)(H,30,34)(H,31,37). The number of nitrogens with one attached hydrogen (secondary N) is 4. The molecule has 0 aromatic heterocycles. The second kappa shape index (κ2) is 16.7.